The van der Waals surface area contributed by atoms with E-state index in [9.17, 15) is 0 Å². The van der Waals surface area contributed by atoms with Crippen LogP contribution in [0.4, 0.5) is 0 Å². The smallest absolute Gasteiger partial charge is 0.171 e. The predicted molar refractivity (Wildman–Crippen MR) is 78.7 cm³/mol. The Balaban J connectivity index is 2.26. The monoisotopic (exact) mass is 385 g/mol. The van der Waals surface area contributed by atoms with Gasteiger partial charge in [0.1, 0.15) is 11.5 Å². The minimum Gasteiger partial charge on any atom is -0.456 e. The predicted octanol–water partition coefficient (Wildman–Crippen LogP) is 3.49. The molecule has 5 nitrogen and oxygen atoms in total. The molecule has 0 radical (unpaired) electrons. The molecule has 0 fully saturated rings. The van der Waals surface area contributed by atoms with Crippen LogP contribution in [-0.4, -0.2) is 16.0 Å². The lowest BCUT2D eigenvalue weighted by molar-refractivity contribution is 0.318. The first-order valence-electron chi connectivity index (χ1n) is 5.16. The van der Waals surface area contributed by atoms with E-state index in [0.29, 0.717) is 21.5 Å². The Hall–Kier alpha value is -1.60. The van der Waals surface area contributed by atoms with E-state index in [1.54, 1.807) is 36.7 Å². The zero-order valence-corrected chi connectivity index (χ0v) is 12.7. The molecule has 0 saturated carbocycles. The van der Waals surface area contributed by atoms with Crippen molar-refractivity contribution in [2.75, 3.05) is 0 Å². The lowest BCUT2D eigenvalue weighted by atomic mass is 10.2. The van der Waals surface area contributed by atoms with E-state index in [0.717, 1.165) is 4.47 Å². The van der Waals surface area contributed by atoms with Gasteiger partial charge in [-0.3, -0.25) is 4.98 Å². The molecule has 19 heavy (non-hydrogen) atoms. The van der Waals surface area contributed by atoms with Crippen LogP contribution in [0.2, 0.25) is 0 Å². The van der Waals surface area contributed by atoms with E-state index in [1.807, 2.05) is 0 Å². The molecule has 2 aromatic rings. The minimum absolute atomic E-state index is 0.0301. The normalized spacial score (nSPS) is 11.4. The van der Waals surface area contributed by atoms with Crippen molar-refractivity contribution in [1.82, 2.24) is 4.98 Å². The summed E-state index contributed by atoms with van der Waals surface area (Å²) < 4.78 is 7.14. The van der Waals surface area contributed by atoms with Crippen LogP contribution in [0.5, 0.6) is 11.5 Å². The maximum absolute atomic E-state index is 8.65. The van der Waals surface area contributed by atoms with Crippen LogP contribution >= 0.6 is 31.9 Å². The van der Waals surface area contributed by atoms with Crippen LogP contribution in [-0.2, 0) is 0 Å². The minimum atomic E-state index is 0.0301. The first kappa shape index (κ1) is 13.8. The number of hydrogen-bond donors (Lipinski definition) is 2. The maximum Gasteiger partial charge on any atom is 0.171 e. The average Bonchev–Trinajstić information content (AvgIpc) is 2.38. The molecule has 1 heterocycles. The van der Waals surface area contributed by atoms with Gasteiger partial charge in [-0.05, 0) is 56.1 Å². The summed E-state index contributed by atoms with van der Waals surface area (Å²) in [6.07, 6.45) is 3.28. The molecule has 0 aliphatic carbocycles. The summed E-state index contributed by atoms with van der Waals surface area (Å²) in [4.78, 5) is 4.01. The van der Waals surface area contributed by atoms with Crippen molar-refractivity contribution in [2.45, 2.75) is 0 Å². The van der Waals surface area contributed by atoms with E-state index in [1.165, 1.54) is 0 Å². The zero-order valence-electron chi connectivity index (χ0n) is 9.55. The van der Waals surface area contributed by atoms with Crippen LogP contribution in [0.1, 0.15) is 5.56 Å². The standard InChI is InChI=1S/C12H9Br2N3O2/c13-7-3-9(6-16-5-7)19-8-1-2-10(11(14)4-8)12(15)17-18/h1-6,18H,(H2,15,17). The summed E-state index contributed by atoms with van der Waals surface area (Å²) in [7, 11) is 0. The molecule has 1 aromatic carbocycles. The van der Waals surface area contributed by atoms with Crippen molar-refractivity contribution in [2.24, 2.45) is 10.9 Å². The molecule has 0 atom stereocenters. The number of nitrogens with zero attached hydrogens (tertiary/aromatic N) is 2. The lowest BCUT2D eigenvalue weighted by Gasteiger charge is -2.08. The molecular formula is C12H9Br2N3O2. The van der Waals surface area contributed by atoms with Gasteiger partial charge < -0.3 is 15.7 Å². The van der Waals surface area contributed by atoms with Gasteiger partial charge in [-0.15, -0.1) is 0 Å². The first-order chi connectivity index (χ1) is 9.10. The van der Waals surface area contributed by atoms with Crippen molar-refractivity contribution in [3.63, 3.8) is 0 Å². The summed E-state index contributed by atoms with van der Waals surface area (Å²) in [5, 5.41) is 11.6. The second kappa shape index (κ2) is 6.03. The molecule has 0 unspecified atom stereocenters. The summed E-state index contributed by atoms with van der Waals surface area (Å²) in [6.45, 7) is 0. The fourth-order valence-electron chi connectivity index (χ4n) is 1.41. The van der Waals surface area contributed by atoms with E-state index in [-0.39, 0.29) is 5.84 Å². The van der Waals surface area contributed by atoms with Crippen molar-refractivity contribution in [1.29, 1.82) is 0 Å². The van der Waals surface area contributed by atoms with E-state index in [4.69, 9.17) is 15.7 Å². The molecule has 2 rings (SSSR count). The van der Waals surface area contributed by atoms with Gasteiger partial charge in [-0.1, -0.05) is 5.16 Å². The number of rotatable bonds is 3. The highest BCUT2D eigenvalue weighted by Crippen LogP contribution is 2.27. The van der Waals surface area contributed by atoms with Crippen molar-refractivity contribution in [3.05, 3.63) is 51.2 Å². The Morgan fingerprint density at radius 2 is 2.00 bits per heavy atom. The van der Waals surface area contributed by atoms with Crippen LogP contribution in [0.15, 0.2) is 50.8 Å². The molecule has 0 spiro atoms. The second-order valence-electron chi connectivity index (χ2n) is 3.57. The van der Waals surface area contributed by atoms with Crippen LogP contribution in [0, 0.1) is 0 Å². The van der Waals surface area contributed by atoms with Crippen molar-refractivity contribution in [3.8, 4) is 11.5 Å². The summed E-state index contributed by atoms with van der Waals surface area (Å²) >= 11 is 6.66. The Labute approximate surface area is 126 Å². The van der Waals surface area contributed by atoms with Crippen LogP contribution in [0.3, 0.4) is 0 Å². The molecule has 0 bridgehead atoms. The third-order valence-corrected chi connectivity index (χ3v) is 3.33. The molecule has 1 aromatic heterocycles. The van der Waals surface area contributed by atoms with Crippen molar-refractivity contribution < 1.29 is 9.94 Å². The van der Waals surface area contributed by atoms with Crippen molar-refractivity contribution >= 4 is 37.7 Å². The van der Waals surface area contributed by atoms with Gasteiger partial charge in [-0.2, -0.15) is 0 Å². The Morgan fingerprint density at radius 1 is 1.21 bits per heavy atom. The van der Waals surface area contributed by atoms with E-state index >= 15 is 0 Å². The Morgan fingerprint density at radius 3 is 2.63 bits per heavy atom. The maximum atomic E-state index is 8.65. The summed E-state index contributed by atoms with van der Waals surface area (Å²) in [5.74, 6) is 1.25. The number of nitrogens with two attached hydrogens (primary N) is 1. The van der Waals surface area contributed by atoms with Gasteiger partial charge in [0.15, 0.2) is 5.84 Å². The molecule has 0 saturated heterocycles. The number of oxime groups is 1. The highest BCUT2D eigenvalue weighted by Gasteiger charge is 2.07. The Kier molecular flexibility index (Phi) is 4.39. The number of amidine groups is 1. The summed E-state index contributed by atoms with van der Waals surface area (Å²) in [5.41, 5.74) is 6.12. The van der Waals surface area contributed by atoms with Gasteiger partial charge in [-0.25, -0.2) is 0 Å². The number of aromatic nitrogens is 1. The fourth-order valence-corrected chi connectivity index (χ4v) is 2.31. The number of ether oxygens (including phenoxy) is 1. The van der Waals surface area contributed by atoms with Gasteiger partial charge >= 0.3 is 0 Å². The van der Waals surface area contributed by atoms with Gasteiger partial charge in [0.2, 0.25) is 0 Å². The van der Waals surface area contributed by atoms with E-state index in [2.05, 4.69) is 42.0 Å². The zero-order chi connectivity index (χ0) is 13.8. The molecular weight excluding hydrogens is 378 g/mol. The molecule has 98 valence electrons. The first-order valence-corrected chi connectivity index (χ1v) is 6.74. The quantitative estimate of drug-likeness (QED) is 0.366. The molecule has 0 aliphatic rings. The highest BCUT2D eigenvalue weighted by molar-refractivity contribution is 9.10. The second-order valence-corrected chi connectivity index (χ2v) is 5.34. The Bertz CT molecular complexity index is 632. The molecule has 7 heteroatoms. The van der Waals surface area contributed by atoms with Crippen LogP contribution < -0.4 is 10.5 Å². The average molecular weight is 387 g/mol. The highest BCUT2D eigenvalue weighted by atomic mass is 79.9. The van der Waals surface area contributed by atoms with Gasteiger partial charge in [0.25, 0.3) is 0 Å². The van der Waals surface area contributed by atoms with Gasteiger partial charge in [0, 0.05) is 20.7 Å². The number of benzene rings is 1. The number of hydrogen-bond acceptors (Lipinski definition) is 4. The lowest BCUT2D eigenvalue weighted by Crippen LogP contribution is -2.13. The largest absolute Gasteiger partial charge is 0.456 e. The third-order valence-electron chi connectivity index (χ3n) is 2.24. The summed E-state index contributed by atoms with van der Waals surface area (Å²) in [6, 6.07) is 6.95. The molecule has 0 aliphatic heterocycles. The molecule has 3 N–H and O–H groups in total. The topological polar surface area (TPSA) is 80.7 Å². The number of pyridine rings is 1. The third kappa shape index (κ3) is 3.45. The fraction of sp³-hybridized carbons (Fsp3) is 0. The van der Waals surface area contributed by atoms with Crippen LogP contribution in [0.25, 0.3) is 0 Å². The van der Waals surface area contributed by atoms with Gasteiger partial charge in [0.05, 0.1) is 6.20 Å². The van der Waals surface area contributed by atoms with E-state index < -0.39 is 0 Å². The number of halogens is 2. The SMILES string of the molecule is N/C(=N/O)c1ccc(Oc2cncc(Br)c2)cc1Br. The molecule has 0 amide bonds.